The van der Waals surface area contributed by atoms with Gasteiger partial charge >= 0.3 is 12.1 Å². The molecule has 0 aromatic heterocycles. The largest absolute Gasteiger partial charge is 0.466 e. The van der Waals surface area contributed by atoms with Crippen LogP contribution in [0.1, 0.15) is 18.9 Å². The molecule has 2 aromatic rings. The van der Waals surface area contributed by atoms with Gasteiger partial charge in [0.05, 0.1) is 25.2 Å². The van der Waals surface area contributed by atoms with Crippen LogP contribution in [-0.2, 0) is 20.7 Å². The Hall–Kier alpha value is -2.54. The van der Waals surface area contributed by atoms with E-state index in [1.807, 2.05) is 18.2 Å². The van der Waals surface area contributed by atoms with Gasteiger partial charge in [-0.05, 0) is 23.3 Å². The van der Waals surface area contributed by atoms with Crippen LogP contribution in [0.4, 0.5) is 4.79 Å². The summed E-state index contributed by atoms with van der Waals surface area (Å²) in [5.74, 6) is 0.277. The molecule has 0 aliphatic rings. The molecule has 0 atom stereocenters. The number of hydrazone groups is 1. The van der Waals surface area contributed by atoms with Crippen molar-refractivity contribution >= 4 is 39.6 Å². The van der Waals surface area contributed by atoms with Crippen molar-refractivity contribution in [2.24, 2.45) is 5.10 Å². The zero-order chi connectivity index (χ0) is 18.8. The first-order valence-corrected chi connectivity index (χ1v) is 9.27. The minimum Gasteiger partial charge on any atom is -0.466 e. The maximum Gasteiger partial charge on any atom is 0.427 e. The van der Waals surface area contributed by atoms with Crippen LogP contribution in [0.5, 0.6) is 0 Å². The second kappa shape index (κ2) is 10.5. The Labute approximate surface area is 156 Å². The van der Waals surface area contributed by atoms with Gasteiger partial charge in [0.1, 0.15) is 0 Å². The Balaban J connectivity index is 2.06. The number of thioether (sulfide) groups is 1. The zero-order valence-corrected chi connectivity index (χ0v) is 15.7. The van der Waals surface area contributed by atoms with Gasteiger partial charge in [-0.3, -0.25) is 4.79 Å². The molecule has 6 nitrogen and oxygen atoms in total. The molecule has 0 saturated carbocycles. The molecule has 0 aliphatic carbocycles. The molecule has 0 aliphatic heterocycles. The molecule has 0 heterocycles. The Kier molecular flexibility index (Phi) is 7.95. The second-order valence-electron chi connectivity index (χ2n) is 5.37. The summed E-state index contributed by atoms with van der Waals surface area (Å²) in [6, 6.07) is 14.3. The summed E-state index contributed by atoms with van der Waals surface area (Å²) < 4.78 is 9.47. The quantitative estimate of drug-likeness (QED) is 0.346. The van der Waals surface area contributed by atoms with Crippen molar-refractivity contribution in [3.05, 3.63) is 48.0 Å². The molecular weight excluding hydrogens is 352 g/mol. The number of carbonyl (C=O) groups excluding carboxylic acids is 2. The fraction of sp³-hybridized carbons (Fsp3) is 0.316. The van der Waals surface area contributed by atoms with E-state index < -0.39 is 6.09 Å². The van der Waals surface area contributed by atoms with Crippen molar-refractivity contribution in [2.75, 3.05) is 19.5 Å². The van der Waals surface area contributed by atoms with Crippen molar-refractivity contribution < 1.29 is 19.1 Å². The van der Waals surface area contributed by atoms with Crippen LogP contribution < -0.4 is 5.43 Å². The van der Waals surface area contributed by atoms with Gasteiger partial charge in [0.2, 0.25) is 0 Å². The van der Waals surface area contributed by atoms with Gasteiger partial charge in [0.25, 0.3) is 0 Å². The van der Waals surface area contributed by atoms with E-state index in [0.29, 0.717) is 23.8 Å². The number of benzene rings is 2. The Morgan fingerprint density at radius 3 is 2.65 bits per heavy atom. The fourth-order valence-corrected chi connectivity index (χ4v) is 3.17. The molecule has 0 radical (unpaired) electrons. The van der Waals surface area contributed by atoms with Gasteiger partial charge in [0, 0.05) is 12.2 Å². The monoisotopic (exact) mass is 374 g/mol. The molecule has 0 bridgehead atoms. The average molecular weight is 374 g/mol. The van der Waals surface area contributed by atoms with E-state index in [9.17, 15) is 9.59 Å². The van der Waals surface area contributed by atoms with Crippen LogP contribution in [-0.4, -0.2) is 36.6 Å². The first kappa shape index (κ1) is 19.8. The molecule has 1 amide bonds. The summed E-state index contributed by atoms with van der Waals surface area (Å²) in [7, 11) is 1.28. The third-order valence-corrected chi connectivity index (χ3v) is 4.48. The summed E-state index contributed by atoms with van der Waals surface area (Å²) in [5, 5.41) is 7.11. The van der Waals surface area contributed by atoms with Crippen LogP contribution >= 0.6 is 11.8 Å². The minimum atomic E-state index is -0.632. The Morgan fingerprint density at radius 2 is 1.92 bits per heavy atom. The minimum absolute atomic E-state index is 0.244. The molecule has 0 spiro atoms. The first-order valence-electron chi connectivity index (χ1n) is 8.29. The van der Waals surface area contributed by atoms with Gasteiger partial charge in [-0.1, -0.05) is 42.5 Å². The molecule has 26 heavy (non-hydrogen) atoms. The Bertz CT molecular complexity index is 792. The van der Waals surface area contributed by atoms with Crippen LogP contribution in [0.3, 0.4) is 0 Å². The molecule has 1 N–H and O–H groups in total. The lowest BCUT2D eigenvalue weighted by Crippen LogP contribution is -2.19. The highest BCUT2D eigenvalue weighted by atomic mass is 32.2. The highest BCUT2D eigenvalue weighted by molar-refractivity contribution is 8.13. The maximum absolute atomic E-state index is 11.5. The number of carbonyl (C=O) groups is 2. The van der Waals surface area contributed by atoms with Gasteiger partial charge in [-0.15, -0.1) is 11.8 Å². The Morgan fingerprint density at radius 1 is 1.15 bits per heavy atom. The van der Waals surface area contributed by atoms with Crippen molar-refractivity contribution in [1.82, 2.24) is 5.43 Å². The first-order chi connectivity index (χ1) is 12.6. The predicted octanol–water partition coefficient (Wildman–Crippen LogP) is 3.74. The molecule has 138 valence electrons. The number of hydrogen-bond acceptors (Lipinski definition) is 6. The van der Waals surface area contributed by atoms with Crippen LogP contribution in [0.2, 0.25) is 0 Å². The molecular formula is C19H22N2O4S. The van der Waals surface area contributed by atoms with Gasteiger partial charge in [-0.25, -0.2) is 10.2 Å². The number of methoxy groups -OCH3 is 1. The predicted molar refractivity (Wildman–Crippen MR) is 104 cm³/mol. The van der Waals surface area contributed by atoms with Crippen LogP contribution in [0.15, 0.2) is 47.6 Å². The van der Waals surface area contributed by atoms with E-state index >= 15 is 0 Å². The second-order valence-corrected chi connectivity index (χ2v) is 6.54. The standard InChI is InChI=1S/C19H22N2O4S/c1-3-25-18(22)10-11-26-17(20-21-19(23)24-2)13-14-8-9-15-6-4-5-7-16(15)12-14/h4-9,12H,3,10-11,13H2,1-2H3,(H,21,23)/b20-17-. The molecule has 0 fully saturated rings. The third-order valence-electron chi connectivity index (χ3n) is 3.51. The summed E-state index contributed by atoms with van der Waals surface area (Å²) >= 11 is 1.41. The summed E-state index contributed by atoms with van der Waals surface area (Å²) in [6.45, 7) is 2.14. The number of fused-ring (bicyclic) bond motifs is 1. The lowest BCUT2D eigenvalue weighted by atomic mass is 10.1. The van der Waals surface area contributed by atoms with Crippen LogP contribution in [0.25, 0.3) is 10.8 Å². The fourth-order valence-electron chi connectivity index (χ4n) is 2.29. The summed E-state index contributed by atoms with van der Waals surface area (Å²) in [4.78, 5) is 22.8. The highest BCUT2D eigenvalue weighted by Crippen LogP contribution is 2.18. The van der Waals surface area contributed by atoms with Crippen molar-refractivity contribution in [3.63, 3.8) is 0 Å². The lowest BCUT2D eigenvalue weighted by molar-refractivity contribution is -0.142. The number of nitrogens with zero attached hydrogens (tertiary/aromatic N) is 1. The number of amides is 1. The smallest absolute Gasteiger partial charge is 0.427 e. The third kappa shape index (κ3) is 6.40. The molecule has 0 saturated heterocycles. The zero-order valence-electron chi connectivity index (χ0n) is 14.9. The molecule has 2 rings (SSSR count). The van der Waals surface area contributed by atoms with Crippen LogP contribution in [0, 0.1) is 0 Å². The molecule has 2 aromatic carbocycles. The van der Waals surface area contributed by atoms with E-state index in [1.165, 1.54) is 18.9 Å². The van der Waals surface area contributed by atoms with E-state index in [2.05, 4.69) is 39.5 Å². The van der Waals surface area contributed by atoms with E-state index in [4.69, 9.17) is 4.74 Å². The van der Waals surface area contributed by atoms with Gasteiger partial charge in [-0.2, -0.15) is 5.10 Å². The maximum atomic E-state index is 11.5. The van der Waals surface area contributed by atoms with E-state index in [-0.39, 0.29) is 12.4 Å². The van der Waals surface area contributed by atoms with Gasteiger partial charge in [0.15, 0.2) is 0 Å². The summed E-state index contributed by atoms with van der Waals surface area (Å²) in [5.41, 5.74) is 3.41. The SMILES string of the molecule is CCOC(=O)CCS/C(Cc1ccc2ccccc2c1)=N\NC(=O)OC. The normalized spacial score (nSPS) is 11.2. The molecule has 0 unspecified atom stereocenters. The highest BCUT2D eigenvalue weighted by Gasteiger charge is 2.08. The number of nitrogens with one attached hydrogen (secondary N) is 1. The van der Waals surface area contributed by atoms with Gasteiger partial charge < -0.3 is 9.47 Å². The number of esters is 1. The van der Waals surface area contributed by atoms with E-state index in [0.717, 1.165) is 16.3 Å². The summed E-state index contributed by atoms with van der Waals surface area (Å²) in [6.07, 6.45) is 0.197. The van der Waals surface area contributed by atoms with E-state index in [1.54, 1.807) is 6.92 Å². The number of ether oxygens (including phenoxy) is 2. The lowest BCUT2D eigenvalue weighted by Gasteiger charge is -2.08. The van der Waals surface area contributed by atoms with Crippen molar-refractivity contribution in [1.29, 1.82) is 0 Å². The van der Waals surface area contributed by atoms with Crippen molar-refractivity contribution in [3.8, 4) is 0 Å². The van der Waals surface area contributed by atoms with Crippen molar-refractivity contribution in [2.45, 2.75) is 19.8 Å². The molecule has 7 heteroatoms. The number of hydrogen-bond donors (Lipinski definition) is 1. The number of rotatable bonds is 7. The average Bonchev–Trinajstić information content (AvgIpc) is 2.65. The topological polar surface area (TPSA) is 77.0 Å².